The van der Waals surface area contributed by atoms with Crippen molar-refractivity contribution >= 4 is 9.76 Å². The Bertz CT molecular complexity index is 208. The maximum Gasteiger partial charge on any atom is 0.156 e. The van der Waals surface area contributed by atoms with Crippen LogP contribution < -0.4 is 0 Å². The van der Waals surface area contributed by atoms with Gasteiger partial charge in [0.2, 0.25) is 0 Å². The van der Waals surface area contributed by atoms with E-state index < -0.39 is 9.76 Å². The molecule has 0 bridgehead atoms. The van der Waals surface area contributed by atoms with Crippen molar-refractivity contribution in [2.45, 2.75) is 95.9 Å². The lowest BCUT2D eigenvalue weighted by Gasteiger charge is -2.33. The van der Waals surface area contributed by atoms with Crippen LogP contribution in [0.3, 0.4) is 0 Å². The molecule has 118 valence electrons. The Labute approximate surface area is 128 Å². The Kier molecular flexibility index (Phi) is 8.27. The van der Waals surface area contributed by atoms with E-state index in [2.05, 4.69) is 0 Å². The van der Waals surface area contributed by atoms with Crippen molar-refractivity contribution in [2.75, 3.05) is 0 Å². The van der Waals surface area contributed by atoms with Crippen LogP contribution in [-0.2, 0) is 0 Å². The first-order valence-corrected chi connectivity index (χ1v) is 11.2. The fraction of sp³-hybridized carbons (Fsp3) is 1.00. The quantitative estimate of drug-likeness (QED) is 0.423. The molecule has 2 saturated carbocycles. The highest BCUT2D eigenvalue weighted by molar-refractivity contribution is 6.25. The van der Waals surface area contributed by atoms with Gasteiger partial charge in [0.15, 0.2) is 9.76 Å². The maximum atomic E-state index is 9.23. The fourth-order valence-corrected chi connectivity index (χ4v) is 5.34. The zero-order valence-electron chi connectivity index (χ0n) is 13.5. The van der Waals surface area contributed by atoms with Crippen molar-refractivity contribution < 1.29 is 4.80 Å². The SMILES string of the molecule is O[SiH2]CCCC(C1CCCCCC1)C1CCCCCC1. The van der Waals surface area contributed by atoms with E-state index in [1.165, 1.54) is 89.9 Å². The molecule has 2 aliphatic rings. The Morgan fingerprint density at radius 3 is 1.60 bits per heavy atom. The maximum absolute atomic E-state index is 9.23. The van der Waals surface area contributed by atoms with Gasteiger partial charge in [-0.25, -0.2) is 0 Å². The molecule has 0 spiro atoms. The van der Waals surface area contributed by atoms with Gasteiger partial charge in [-0.2, -0.15) is 0 Å². The molecule has 20 heavy (non-hydrogen) atoms. The van der Waals surface area contributed by atoms with Crippen molar-refractivity contribution in [1.29, 1.82) is 0 Å². The molecular formula is C18H36OSi. The molecule has 0 aromatic heterocycles. The molecule has 0 radical (unpaired) electrons. The zero-order valence-corrected chi connectivity index (χ0v) is 14.9. The summed E-state index contributed by atoms with van der Waals surface area (Å²) in [6, 6.07) is 1.16. The van der Waals surface area contributed by atoms with Gasteiger partial charge in [0.1, 0.15) is 0 Å². The number of rotatable bonds is 6. The van der Waals surface area contributed by atoms with Crippen molar-refractivity contribution in [2.24, 2.45) is 17.8 Å². The summed E-state index contributed by atoms with van der Waals surface area (Å²) in [4.78, 5) is 9.23. The second kappa shape index (κ2) is 10.00. The molecule has 0 amide bonds. The van der Waals surface area contributed by atoms with Crippen molar-refractivity contribution in [3.05, 3.63) is 0 Å². The summed E-state index contributed by atoms with van der Waals surface area (Å²) in [6.07, 6.45) is 20.7. The van der Waals surface area contributed by atoms with Gasteiger partial charge in [0, 0.05) is 0 Å². The third kappa shape index (κ3) is 5.52. The molecule has 0 unspecified atom stereocenters. The predicted molar refractivity (Wildman–Crippen MR) is 90.7 cm³/mol. The van der Waals surface area contributed by atoms with Crippen LogP contribution >= 0.6 is 0 Å². The molecule has 0 aromatic carbocycles. The summed E-state index contributed by atoms with van der Waals surface area (Å²) in [6.45, 7) is 0. The first kappa shape index (κ1) is 16.5. The third-order valence-electron chi connectivity index (χ3n) is 5.96. The van der Waals surface area contributed by atoms with Gasteiger partial charge < -0.3 is 4.80 Å². The minimum absolute atomic E-state index is 0.699. The van der Waals surface area contributed by atoms with E-state index in [0.29, 0.717) is 0 Å². The largest absolute Gasteiger partial charge is 0.438 e. The molecule has 1 nitrogen and oxygen atoms in total. The average Bonchev–Trinajstić information content (AvgIpc) is 2.88. The van der Waals surface area contributed by atoms with E-state index in [9.17, 15) is 4.80 Å². The standard InChI is InChI=1S/C18H36OSi/c19-20-15-9-14-18(16-10-5-1-2-6-11-16)17-12-7-3-4-8-13-17/h16-19H,1-15,20H2. The van der Waals surface area contributed by atoms with Crippen molar-refractivity contribution in [3.8, 4) is 0 Å². The molecule has 0 aromatic rings. The zero-order chi connectivity index (χ0) is 14.0. The molecule has 2 heteroatoms. The highest BCUT2D eigenvalue weighted by Gasteiger charge is 2.29. The van der Waals surface area contributed by atoms with Crippen LogP contribution in [0.15, 0.2) is 0 Å². The summed E-state index contributed by atoms with van der Waals surface area (Å²) in [5.74, 6) is 3.06. The summed E-state index contributed by atoms with van der Waals surface area (Å²) >= 11 is 0. The van der Waals surface area contributed by atoms with Crippen molar-refractivity contribution in [1.82, 2.24) is 0 Å². The fourth-order valence-electron chi connectivity index (χ4n) is 4.83. The van der Waals surface area contributed by atoms with Crippen LogP contribution in [0, 0.1) is 17.8 Å². The Balaban J connectivity index is 1.93. The van der Waals surface area contributed by atoms with Gasteiger partial charge in [0.05, 0.1) is 0 Å². The van der Waals surface area contributed by atoms with Crippen LogP contribution in [0.5, 0.6) is 0 Å². The van der Waals surface area contributed by atoms with Crippen LogP contribution in [0.4, 0.5) is 0 Å². The summed E-state index contributed by atoms with van der Waals surface area (Å²) < 4.78 is 0. The van der Waals surface area contributed by atoms with Gasteiger partial charge in [-0.3, -0.25) is 0 Å². The Morgan fingerprint density at radius 2 is 1.20 bits per heavy atom. The molecule has 0 heterocycles. The average molecular weight is 297 g/mol. The molecule has 2 aliphatic carbocycles. The third-order valence-corrected chi connectivity index (χ3v) is 6.77. The van der Waals surface area contributed by atoms with Gasteiger partial charge in [-0.05, 0) is 23.8 Å². The highest BCUT2D eigenvalue weighted by Crippen LogP contribution is 2.41. The summed E-state index contributed by atoms with van der Waals surface area (Å²) in [7, 11) is -0.699. The lowest BCUT2D eigenvalue weighted by atomic mass is 9.72. The Morgan fingerprint density at radius 1 is 0.750 bits per heavy atom. The molecule has 0 saturated heterocycles. The van der Waals surface area contributed by atoms with E-state index >= 15 is 0 Å². The smallest absolute Gasteiger partial charge is 0.156 e. The molecule has 2 rings (SSSR count). The molecule has 2 fully saturated rings. The lowest BCUT2D eigenvalue weighted by molar-refractivity contribution is 0.174. The molecule has 1 N–H and O–H groups in total. The molecular weight excluding hydrogens is 260 g/mol. The molecule has 0 atom stereocenters. The van der Waals surface area contributed by atoms with E-state index in [1.807, 2.05) is 0 Å². The monoisotopic (exact) mass is 296 g/mol. The molecule has 0 aliphatic heterocycles. The summed E-state index contributed by atoms with van der Waals surface area (Å²) in [5, 5.41) is 0. The van der Waals surface area contributed by atoms with Crippen LogP contribution in [0.1, 0.15) is 89.9 Å². The van der Waals surface area contributed by atoms with E-state index in [-0.39, 0.29) is 0 Å². The van der Waals surface area contributed by atoms with Crippen LogP contribution in [0.2, 0.25) is 6.04 Å². The second-order valence-corrected chi connectivity index (χ2v) is 8.54. The van der Waals surface area contributed by atoms with Gasteiger partial charge in [-0.15, -0.1) is 0 Å². The Hall–Kier alpha value is 0.177. The van der Waals surface area contributed by atoms with E-state index in [0.717, 1.165) is 23.8 Å². The normalized spacial score (nSPS) is 24.3. The van der Waals surface area contributed by atoms with Crippen LogP contribution in [-0.4, -0.2) is 14.6 Å². The van der Waals surface area contributed by atoms with E-state index in [4.69, 9.17) is 0 Å². The topological polar surface area (TPSA) is 20.2 Å². The minimum atomic E-state index is -0.699. The van der Waals surface area contributed by atoms with E-state index in [1.54, 1.807) is 0 Å². The van der Waals surface area contributed by atoms with Gasteiger partial charge in [0.25, 0.3) is 0 Å². The predicted octanol–water partition coefficient (Wildman–Crippen LogP) is 4.82. The first-order chi connectivity index (χ1) is 9.92. The number of hydrogen-bond acceptors (Lipinski definition) is 1. The second-order valence-electron chi connectivity index (χ2n) is 7.39. The van der Waals surface area contributed by atoms with Crippen LogP contribution in [0.25, 0.3) is 0 Å². The first-order valence-electron chi connectivity index (χ1n) is 9.52. The number of hydrogen-bond donors (Lipinski definition) is 1. The van der Waals surface area contributed by atoms with Gasteiger partial charge in [-0.1, -0.05) is 89.9 Å². The van der Waals surface area contributed by atoms with Gasteiger partial charge >= 0.3 is 0 Å². The highest BCUT2D eigenvalue weighted by atomic mass is 28.2. The minimum Gasteiger partial charge on any atom is -0.438 e. The lowest BCUT2D eigenvalue weighted by Crippen LogP contribution is -2.24. The van der Waals surface area contributed by atoms with Crippen molar-refractivity contribution in [3.63, 3.8) is 0 Å². The summed E-state index contributed by atoms with van der Waals surface area (Å²) in [5.41, 5.74) is 0.